The number of allylic oxidation sites excluding steroid dienone is 3. The van der Waals surface area contributed by atoms with E-state index in [0.717, 1.165) is 42.4 Å². The van der Waals surface area contributed by atoms with Crippen LogP contribution in [0, 0.1) is 23.7 Å². The summed E-state index contributed by atoms with van der Waals surface area (Å²) in [5.74, 6) is 4.65. The van der Waals surface area contributed by atoms with E-state index in [0.29, 0.717) is 6.73 Å². The lowest BCUT2D eigenvalue weighted by Gasteiger charge is -2.32. The molecule has 3 rings (SSSR count). The second-order valence-electron chi connectivity index (χ2n) is 8.86. The van der Waals surface area contributed by atoms with Crippen molar-refractivity contribution in [1.82, 2.24) is 0 Å². The third kappa shape index (κ3) is 5.35. The molecule has 1 heterocycles. The fourth-order valence-electron chi connectivity index (χ4n) is 5.51. The van der Waals surface area contributed by atoms with Crippen molar-refractivity contribution in [3.63, 3.8) is 0 Å². The zero-order valence-corrected chi connectivity index (χ0v) is 18.6. The average Bonchev–Trinajstić information content (AvgIpc) is 3.05. The summed E-state index contributed by atoms with van der Waals surface area (Å²) in [7, 11) is 0. The molecule has 4 unspecified atom stereocenters. The van der Waals surface area contributed by atoms with Crippen LogP contribution in [0.25, 0.3) is 0 Å². The lowest BCUT2D eigenvalue weighted by Crippen LogP contribution is -2.33. The number of nitrogens with zero attached hydrogens (tertiary/aromatic N) is 1. The Bertz CT molecular complexity index is 705. The summed E-state index contributed by atoms with van der Waals surface area (Å²) < 4.78 is 6.17. The Hall–Kier alpha value is -1.96. The number of anilines is 1. The van der Waals surface area contributed by atoms with Gasteiger partial charge in [-0.05, 0) is 61.1 Å². The summed E-state index contributed by atoms with van der Waals surface area (Å²) in [5.41, 5.74) is 2.43. The second kappa shape index (κ2) is 10.7. The minimum absolute atomic E-state index is 0.612. The van der Waals surface area contributed by atoms with Crippen molar-refractivity contribution in [3.8, 4) is 0 Å². The molecule has 0 amide bonds. The molecule has 2 fully saturated rings. The van der Waals surface area contributed by atoms with E-state index in [1.54, 1.807) is 0 Å². The third-order valence-electron chi connectivity index (χ3n) is 7.14. The van der Waals surface area contributed by atoms with Gasteiger partial charge in [-0.2, -0.15) is 0 Å². The molecule has 4 atom stereocenters. The van der Waals surface area contributed by atoms with E-state index in [9.17, 15) is 0 Å². The van der Waals surface area contributed by atoms with E-state index >= 15 is 0 Å². The van der Waals surface area contributed by atoms with Gasteiger partial charge in [0.2, 0.25) is 0 Å². The van der Waals surface area contributed by atoms with Crippen LogP contribution in [0.4, 0.5) is 5.69 Å². The van der Waals surface area contributed by atoms with Gasteiger partial charge in [0.25, 0.3) is 0 Å². The number of hydrogen-bond donors (Lipinski definition) is 0. The molecule has 0 aromatic heterocycles. The van der Waals surface area contributed by atoms with Crippen molar-refractivity contribution in [2.75, 3.05) is 18.2 Å². The lowest BCUT2D eigenvalue weighted by atomic mass is 9.83. The summed E-state index contributed by atoms with van der Waals surface area (Å²) in [4.78, 5) is 2.27. The van der Waals surface area contributed by atoms with Gasteiger partial charge in [0.05, 0.1) is 0 Å². The summed E-state index contributed by atoms with van der Waals surface area (Å²) in [6, 6.07) is 10.5. The summed E-state index contributed by atoms with van der Waals surface area (Å²) in [6.45, 7) is 12.6. The first kappa shape index (κ1) is 21.7. The van der Waals surface area contributed by atoms with Gasteiger partial charge in [0.1, 0.15) is 5.76 Å². The fourth-order valence-corrected chi connectivity index (χ4v) is 5.51. The Morgan fingerprint density at radius 3 is 2.62 bits per heavy atom. The van der Waals surface area contributed by atoms with Crippen molar-refractivity contribution < 1.29 is 4.74 Å². The Kier molecular flexibility index (Phi) is 8.03. The standard InChI is InChI=1S/C27H39NO/c1-5-12-24-19-28(25-15-9-8-10-16-25)20-29-27(24)17-11-14-23-18-22(7-3)26(13-6-2)21(23)4/h5,8-10,12,15-17,21-23,26H,1,6-7,11,13-14,18-20H2,2-4H3/b24-12-,27-17+. The topological polar surface area (TPSA) is 12.5 Å². The largest absolute Gasteiger partial charge is 0.473 e. The van der Waals surface area contributed by atoms with Gasteiger partial charge in [-0.1, -0.05) is 77.0 Å². The number of para-hydroxylation sites is 1. The molecule has 1 aromatic rings. The van der Waals surface area contributed by atoms with Crippen LogP contribution in [0.1, 0.15) is 59.3 Å². The van der Waals surface area contributed by atoms with Gasteiger partial charge in [-0.15, -0.1) is 0 Å². The van der Waals surface area contributed by atoms with Crippen LogP contribution >= 0.6 is 0 Å². The minimum Gasteiger partial charge on any atom is -0.473 e. The summed E-state index contributed by atoms with van der Waals surface area (Å²) in [5, 5.41) is 0. The molecule has 2 nitrogen and oxygen atoms in total. The summed E-state index contributed by atoms with van der Waals surface area (Å²) in [6.07, 6.45) is 14.2. The SMILES string of the molecule is C=C/C=C1/CN(c2ccccc2)CO/C1=C/CCC1CC(CC)C(CCC)C1C. The molecule has 2 aliphatic rings. The second-order valence-corrected chi connectivity index (χ2v) is 8.86. The minimum atomic E-state index is 0.612. The van der Waals surface area contributed by atoms with E-state index in [4.69, 9.17) is 4.74 Å². The highest BCUT2D eigenvalue weighted by Gasteiger charge is 2.38. The lowest BCUT2D eigenvalue weighted by molar-refractivity contribution is 0.200. The molecule has 0 bridgehead atoms. The van der Waals surface area contributed by atoms with E-state index in [-0.39, 0.29) is 0 Å². The van der Waals surface area contributed by atoms with Crippen LogP contribution < -0.4 is 4.90 Å². The van der Waals surface area contributed by atoms with E-state index in [2.05, 4.69) is 74.7 Å². The van der Waals surface area contributed by atoms with Crippen LogP contribution in [-0.2, 0) is 4.74 Å². The molecule has 29 heavy (non-hydrogen) atoms. The van der Waals surface area contributed by atoms with Crippen molar-refractivity contribution in [1.29, 1.82) is 0 Å². The maximum Gasteiger partial charge on any atom is 0.161 e. The molecule has 1 aliphatic carbocycles. The molecule has 158 valence electrons. The Morgan fingerprint density at radius 1 is 1.14 bits per heavy atom. The molecule has 1 saturated heterocycles. The van der Waals surface area contributed by atoms with E-state index in [1.165, 1.54) is 43.4 Å². The maximum absolute atomic E-state index is 6.17. The maximum atomic E-state index is 6.17. The Morgan fingerprint density at radius 2 is 1.93 bits per heavy atom. The smallest absolute Gasteiger partial charge is 0.161 e. The highest BCUT2D eigenvalue weighted by Crippen LogP contribution is 2.47. The predicted octanol–water partition coefficient (Wildman–Crippen LogP) is 7.36. The number of hydrogen-bond acceptors (Lipinski definition) is 2. The number of ether oxygens (including phenoxy) is 1. The molecular formula is C27H39NO. The Balaban J connectivity index is 1.60. The molecule has 1 aromatic carbocycles. The monoisotopic (exact) mass is 393 g/mol. The summed E-state index contributed by atoms with van der Waals surface area (Å²) >= 11 is 0. The van der Waals surface area contributed by atoms with Crippen LogP contribution in [0.3, 0.4) is 0 Å². The van der Waals surface area contributed by atoms with Gasteiger partial charge in [0.15, 0.2) is 6.73 Å². The molecule has 1 saturated carbocycles. The van der Waals surface area contributed by atoms with Crippen molar-refractivity contribution in [3.05, 3.63) is 66.5 Å². The van der Waals surface area contributed by atoms with E-state index < -0.39 is 0 Å². The van der Waals surface area contributed by atoms with Crippen molar-refractivity contribution in [2.45, 2.75) is 59.3 Å². The van der Waals surface area contributed by atoms with Crippen LogP contribution in [0.2, 0.25) is 0 Å². The van der Waals surface area contributed by atoms with Crippen molar-refractivity contribution >= 4 is 5.69 Å². The zero-order valence-electron chi connectivity index (χ0n) is 18.6. The van der Waals surface area contributed by atoms with Crippen LogP contribution in [0.5, 0.6) is 0 Å². The average molecular weight is 394 g/mol. The molecule has 1 aliphatic heterocycles. The first-order valence-corrected chi connectivity index (χ1v) is 11.6. The van der Waals surface area contributed by atoms with Gasteiger partial charge in [-0.3, -0.25) is 0 Å². The van der Waals surface area contributed by atoms with Gasteiger partial charge in [0, 0.05) is 17.8 Å². The Labute approximate surface area is 178 Å². The van der Waals surface area contributed by atoms with Crippen LogP contribution in [0.15, 0.2) is 66.5 Å². The number of rotatable bonds is 8. The van der Waals surface area contributed by atoms with Gasteiger partial charge in [-0.25, -0.2) is 0 Å². The van der Waals surface area contributed by atoms with Crippen LogP contribution in [-0.4, -0.2) is 13.3 Å². The molecule has 0 spiro atoms. The first-order valence-electron chi connectivity index (χ1n) is 11.6. The number of benzene rings is 1. The van der Waals surface area contributed by atoms with E-state index in [1.807, 2.05) is 6.08 Å². The highest BCUT2D eigenvalue weighted by molar-refractivity contribution is 5.50. The normalized spacial score (nSPS) is 30.0. The molecule has 2 heteroatoms. The van der Waals surface area contributed by atoms with Gasteiger partial charge >= 0.3 is 0 Å². The fraction of sp³-hybridized carbons (Fsp3) is 0.556. The first-order chi connectivity index (χ1) is 14.2. The predicted molar refractivity (Wildman–Crippen MR) is 125 cm³/mol. The quantitative estimate of drug-likeness (QED) is 0.457. The third-order valence-corrected chi connectivity index (χ3v) is 7.14. The van der Waals surface area contributed by atoms with Gasteiger partial charge < -0.3 is 9.64 Å². The highest BCUT2D eigenvalue weighted by atomic mass is 16.5. The molecule has 0 N–H and O–H groups in total. The van der Waals surface area contributed by atoms with Crippen molar-refractivity contribution in [2.24, 2.45) is 23.7 Å². The molecule has 0 radical (unpaired) electrons. The molecular weight excluding hydrogens is 354 g/mol. The zero-order chi connectivity index (χ0) is 20.6.